The van der Waals surface area contributed by atoms with Crippen molar-refractivity contribution in [2.45, 2.75) is 29.2 Å². The molecular formula is C31H26ClN3O2S. The highest BCUT2D eigenvalue weighted by atomic mass is 35.5. The monoisotopic (exact) mass is 539 g/mol. The predicted octanol–water partition coefficient (Wildman–Crippen LogP) is 7.63. The number of thioether (sulfide) groups is 1. The molecule has 0 aromatic heterocycles. The van der Waals surface area contributed by atoms with Crippen LogP contribution in [-0.4, -0.2) is 18.4 Å². The molecule has 2 atom stereocenters. The number of esters is 1. The molecule has 2 heterocycles. The molecule has 7 heteroatoms. The Hall–Kier alpha value is -3.74. The first kappa shape index (κ1) is 24.6. The molecule has 190 valence electrons. The van der Waals surface area contributed by atoms with Crippen LogP contribution in [0.4, 0.5) is 11.4 Å². The van der Waals surface area contributed by atoms with Crippen molar-refractivity contribution < 1.29 is 9.53 Å². The van der Waals surface area contributed by atoms with Crippen LogP contribution in [0.25, 0.3) is 0 Å². The van der Waals surface area contributed by atoms with Gasteiger partial charge < -0.3 is 4.74 Å². The summed E-state index contributed by atoms with van der Waals surface area (Å²) in [7, 11) is 0. The smallest absolute Gasteiger partial charge is 0.376 e. The van der Waals surface area contributed by atoms with E-state index >= 15 is 0 Å². The van der Waals surface area contributed by atoms with E-state index in [0.717, 1.165) is 21.8 Å². The molecule has 0 fully saturated rings. The van der Waals surface area contributed by atoms with E-state index in [0.29, 0.717) is 11.4 Å². The van der Waals surface area contributed by atoms with Gasteiger partial charge >= 0.3 is 5.97 Å². The van der Waals surface area contributed by atoms with E-state index in [2.05, 4.69) is 53.4 Å². The van der Waals surface area contributed by atoms with Crippen LogP contribution in [0.5, 0.6) is 0 Å². The van der Waals surface area contributed by atoms with Gasteiger partial charge in [-0.05, 0) is 48.9 Å². The lowest BCUT2D eigenvalue weighted by molar-refractivity contribution is -0.135. The number of carbonyl (C=O) groups excluding carboxylic acids is 1. The van der Waals surface area contributed by atoms with Gasteiger partial charge in [0, 0.05) is 27.2 Å². The van der Waals surface area contributed by atoms with Crippen LogP contribution in [-0.2, 0) is 15.2 Å². The molecule has 0 saturated carbocycles. The van der Waals surface area contributed by atoms with Crippen molar-refractivity contribution in [1.29, 1.82) is 0 Å². The molecule has 0 spiro atoms. The Morgan fingerprint density at radius 3 is 2.32 bits per heavy atom. The van der Waals surface area contributed by atoms with Gasteiger partial charge in [0.2, 0.25) is 5.84 Å². The van der Waals surface area contributed by atoms with E-state index < -0.39 is 11.6 Å². The van der Waals surface area contributed by atoms with Crippen molar-refractivity contribution in [3.8, 4) is 0 Å². The Kier molecular flexibility index (Phi) is 6.60. The Balaban J connectivity index is 1.66. The highest BCUT2D eigenvalue weighted by Crippen LogP contribution is 2.57. The quantitative estimate of drug-likeness (QED) is 0.244. The van der Waals surface area contributed by atoms with Crippen LogP contribution in [0.1, 0.15) is 29.7 Å². The Bertz CT molecular complexity index is 1480. The van der Waals surface area contributed by atoms with Crippen LogP contribution >= 0.6 is 23.4 Å². The number of nitrogens with zero attached hydrogens (tertiary/aromatic N) is 3. The third-order valence-corrected chi connectivity index (χ3v) is 8.48. The average Bonchev–Trinajstić information content (AvgIpc) is 3.21. The molecule has 4 aromatic carbocycles. The molecule has 6 rings (SSSR count). The maximum Gasteiger partial charge on any atom is 0.376 e. The summed E-state index contributed by atoms with van der Waals surface area (Å²) in [5.74, 6) is -0.199. The number of hydrogen-bond acceptors (Lipinski definition) is 6. The SMILES string of the molecule is CCOC(=O)C1=NN(c2ccc(Cl)cc2)C2(c3ccccc3)CC(c3ccccc3)Sc3ccccc3N12. The third-order valence-electron chi connectivity index (χ3n) is 6.91. The van der Waals surface area contributed by atoms with Gasteiger partial charge in [-0.1, -0.05) is 84.4 Å². The van der Waals surface area contributed by atoms with E-state index in [9.17, 15) is 4.79 Å². The summed E-state index contributed by atoms with van der Waals surface area (Å²) >= 11 is 8.09. The minimum Gasteiger partial charge on any atom is -0.460 e. The summed E-state index contributed by atoms with van der Waals surface area (Å²) in [6, 6.07) is 36.7. The lowest BCUT2D eigenvalue weighted by Gasteiger charge is -2.45. The van der Waals surface area contributed by atoms with Gasteiger partial charge in [0.25, 0.3) is 0 Å². The molecule has 0 saturated heterocycles. The maximum atomic E-state index is 13.5. The third kappa shape index (κ3) is 4.14. The van der Waals surface area contributed by atoms with Crippen molar-refractivity contribution in [2.75, 3.05) is 16.5 Å². The molecular weight excluding hydrogens is 514 g/mol. The van der Waals surface area contributed by atoms with Crippen LogP contribution in [0, 0.1) is 0 Å². The van der Waals surface area contributed by atoms with Crippen LogP contribution < -0.4 is 9.91 Å². The molecule has 0 bridgehead atoms. The first-order valence-corrected chi connectivity index (χ1v) is 13.9. The second-order valence-electron chi connectivity index (χ2n) is 9.14. The number of hydrazone groups is 1. The Morgan fingerprint density at radius 2 is 1.61 bits per heavy atom. The number of para-hydroxylation sites is 1. The van der Waals surface area contributed by atoms with Gasteiger partial charge in [-0.3, -0.25) is 4.90 Å². The van der Waals surface area contributed by atoms with Crippen molar-refractivity contribution in [2.24, 2.45) is 5.10 Å². The number of hydrogen-bond donors (Lipinski definition) is 0. The number of anilines is 2. The fourth-order valence-corrected chi connectivity index (χ4v) is 6.77. The normalized spacial score (nSPS) is 20.3. The fourth-order valence-electron chi connectivity index (χ4n) is 5.29. The molecule has 2 aliphatic heterocycles. The highest BCUT2D eigenvalue weighted by molar-refractivity contribution is 7.99. The maximum absolute atomic E-state index is 13.5. The van der Waals surface area contributed by atoms with E-state index in [-0.39, 0.29) is 17.7 Å². The summed E-state index contributed by atoms with van der Waals surface area (Å²) < 4.78 is 5.56. The number of ether oxygens (including phenoxy) is 1. The largest absolute Gasteiger partial charge is 0.460 e. The minimum absolute atomic E-state index is 0.0779. The van der Waals surface area contributed by atoms with E-state index in [1.165, 1.54) is 5.56 Å². The van der Waals surface area contributed by atoms with E-state index in [4.69, 9.17) is 21.4 Å². The van der Waals surface area contributed by atoms with Crippen LogP contribution in [0.2, 0.25) is 5.02 Å². The van der Waals surface area contributed by atoms with Gasteiger partial charge in [-0.25, -0.2) is 9.80 Å². The lowest BCUT2D eigenvalue weighted by Crippen LogP contribution is -2.55. The first-order valence-electron chi connectivity index (χ1n) is 12.6. The number of rotatable bonds is 5. The van der Waals surface area contributed by atoms with Gasteiger partial charge in [0.15, 0.2) is 5.66 Å². The minimum atomic E-state index is -0.850. The Morgan fingerprint density at radius 1 is 0.947 bits per heavy atom. The van der Waals surface area contributed by atoms with Crippen molar-refractivity contribution >= 4 is 46.5 Å². The number of halogens is 1. The summed E-state index contributed by atoms with van der Waals surface area (Å²) in [4.78, 5) is 16.7. The molecule has 0 radical (unpaired) electrons. The van der Waals surface area contributed by atoms with Crippen molar-refractivity contribution in [1.82, 2.24) is 0 Å². The first-order chi connectivity index (χ1) is 18.6. The van der Waals surface area contributed by atoms with E-state index in [1.54, 1.807) is 0 Å². The van der Waals surface area contributed by atoms with Gasteiger partial charge in [-0.15, -0.1) is 16.9 Å². The average molecular weight is 540 g/mol. The zero-order chi connectivity index (χ0) is 26.1. The summed E-state index contributed by atoms with van der Waals surface area (Å²) in [6.07, 6.45) is 0.648. The van der Waals surface area contributed by atoms with E-state index in [1.807, 2.05) is 84.4 Å². The zero-order valence-electron chi connectivity index (χ0n) is 20.8. The van der Waals surface area contributed by atoms with Gasteiger partial charge in [0.05, 0.1) is 18.0 Å². The Labute approximate surface area is 231 Å². The summed E-state index contributed by atoms with van der Waals surface area (Å²) in [5.41, 5.74) is 3.14. The van der Waals surface area contributed by atoms with Crippen LogP contribution in [0.15, 0.2) is 119 Å². The standard InChI is InChI=1S/C31H26ClN3O2S/c1-2-37-30(36)29-33-35(25-19-17-24(32)18-20-25)31(23-13-7-4-8-14-23)21-28(22-11-5-3-6-12-22)38-27-16-10-9-15-26(27)34(29)31/h3-20,28H,2,21H2,1H3. The molecule has 38 heavy (non-hydrogen) atoms. The molecule has 0 N–H and O–H groups in total. The van der Waals surface area contributed by atoms with Crippen molar-refractivity contribution in [3.05, 3.63) is 125 Å². The molecule has 2 aliphatic rings. The molecule has 5 nitrogen and oxygen atoms in total. The summed E-state index contributed by atoms with van der Waals surface area (Å²) in [6.45, 7) is 2.07. The molecule has 2 unspecified atom stereocenters. The highest BCUT2D eigenvalue weighted by Gasteiger charge is 2.56. The number of amidine groups is 1. The zero-order valence-corrected chi connectivity index (χ0v) is 22.4. The van der Waals surface area contributed by atoms with Crippen LogP contribution in [0.3, 0.4) is 0 Å². The second-order valence-corrected chi connectivity index (χ2v) is 10.8. The number of carbonyl (C=O) groups is 1. The second kappa shape index (κ2) is 10.2. The molecule has 0 aliphatic carbocycles. The summed E-state index contributed by atoms with van der Waals surface area (Å²) in [5, 5.41) is 7.71. The van der Waals surface area contributed by atoms with Gasteiger partial charge in [0.1, 0.15) is 0 Å². The molecule has 0 amide bonds. The lowest BCUT2D eigenvalue weighted by atomic mass is 9.88. The fraction of sp³-hybridized carbons (Fsp3) is 0.161. The van der Waals surface area contributed by atoms with Crippen molar-refractivity contribution in [3.63, 3.8) is 0 Å². The number of benzene rings is 4. The molecule has 4 aromatic rings. The van der Waals surface area contributed by atoms with Gasteiger partial charge in [-0.2, -0.15) is 0 Å². The predicted molar refractivity (Wildman–Crippen MR) is 155 cm³/mol. The topological polar surface area (TPSA) is 45.1 Å². The number of fused-ring (bicyclic) bond motifs is 3.